The average Bonchev–Trinajstić information content (AvgIpc) is 3.04. The zero-order valence-electron chi connectivity index (χ0n) is 16.0. The number of benzene rings is 2. The third-order valence-electron chi connectivity index (χ3n) is 4.47. The highest BCUT2D eigenvalue weighted by Crippen LogP contribution is 2.29. The van der Waals surface area contributed by atoms with Crippen LogP contribution in [0.3, 0.4) is 0 Å². The second kappa shape index (κ2) is 8.32. The standard InChI is InChI=1S/C20H18ClN3O5/c1-11-4-6-15(8-12(11)2)28-10-16-13(3)29-23-19(16)20(25)22-17-7-5-14(21)9-18(17)24(26)27/h4-9H,10H2,1-3H3,(H,22,25). The number of nitro groups is 1. The maximum absolute atomic E-state index is 12.7. The van der Waals surface area contributed by atoms with Crippen LogP contribution in [0.4, 0.5) is 11.4 Å². The minimum atomic E-state index is -0.647. The Morgan fingerprint density at radius 3 is 2.66 bits per heavy atom. The first kappa shape index (κ1) is 20.3. The number of anilines is 1. The Hall–Kier alpha value is -3.39. The van der Waals surface area contributed by atoms with E-state index in [0.29, 0.717) is 17.1 Å². The molecule has 0 aliphatic heterocycles. The largest absolute Gasteiger partial charge is 0.489 e. The van der Waals surface area contributed by atoms with E-state index >= 15 is 0 Å². The molecule has 1 aromatic heterocycles. The molecule has 0 spiro atoms. The molecule has 2 aromatic carbocycles. The molecule has 0 aliphatic carbocycles. The first-order valence-electron chi connectivity index (χ1n) is 8.66. The number of carbonyl (C=O) groups is 1. The molecule has 9 heteroatoms. The normalized spacial score (nSPS) is 10.6. The van der Waals surface area contributed by atoms with E-state index in [1.54, 1.807) is 6.92 Å². The Kier molecular flexibility index (Phi) is 5.84. The molecule has 0 saturated heterocycles. The topological polar surface area (TPSA) is 108 Å². The van der Waals surface area contributed by atoms with Gasteiger partial charge in [0.05, 0.1) is 10.5 Å². The van der Waals surface area contributed by atoms with Gasteiger partial charge in [-0.05, 0) is 56.2 Å². The van der Waals surface area contributed by atoms with Crippen LogP contribution in [0.5, 0.6) is 5.75 Å². The van der Waals surface area contributed by atoms with Crippen LogP contribution in [0.1, 0.15) is 32.9 Å². The van der Waals surface area contributed by atoms with E-state index < -0.39 is 10.8 Å². The van der Waals surface area contributed by atoms with Crippen molar-refractivity contribution < 1.29 is 19.0 Å². The van der Waals surface area contributed by atoms with Gasteiger partial charge in [-0.3, -0.25) is 14.9 Å². The Morgan fingerprint density at radius 2 is 1.97 bits per heavy atom. The van der Waals surface area contributed by atoms with Crippen molar-refractivity contribution in [1.82, 2.24) is 5.16 Å². The molecule has 0 atom stereocenters. The number of aromatic nitrogens is 1. The first-order chi connectivity index (χ1) is 13.8. The summed E-state index contributed by atoms with van der Waals surface area (Å²) in [6.45, 7) is 5.70. The van der Waals surface area contributed by atoms with E-state index in [0.717, 1.165) is 17.2 Å². The maximum atomic E-state index is 12.7. The number of nitro benzene ring substituents is 1. The Morgan fingerprint density at radius 1 is 1.21 bits per heavy atom. The highest BCUT2D eigenvalue weighted by Gasteiger charge is 2.23. The first-order valence-corrected chi connectivity index (χ1v) is 9.04. The molecular weight excluding hydrogens is 398 g/mol. The molecule has 1 N–H and O–H groups in total. The van der Waals surface area contributed by atoms with Gasteiger partial charge in [-0.2, -0.15) is 0 Å². The van der Waals surface area contributed by atoms with Gasteiger partial charge < -0.3 is 14.6 Å². The smallest absolute Gasteiger partial charge is 0.294 e. The molecule has 29 heavy (non-hydrogen) atoms. The zero-order valence-corrected chi connectivity index (χ0v) is 16.7. The van der Waals surface area contributed by atoms with Crippen molar-refractivity contribution in [3.63, 3.8) is 0 Å². The fraction of sp³-hybridized carbons (Fsp3) is 0.200. The highest BCUT2D eigenvalue weighted by molar-refractivity contribution is 6.31. The van der Waals surface area contributed by atoms with E-state index in [9.17, 15) is 14.9 Å². The number of nitrogens with zero attached hydrogens (tertiary/aromatic N) is 2. The third-order valence-corrected chi connectivity index (χ3v) is 4.70. The minimum absolute atomic E-state index is 0.00409. The van der Waals surface area contributed by atoms with E-state index in [-0.39, 0.29) is 28.7 Å². The van der Waals surface area contributed by atoms with Gasteiger partial charge in [0.25, 0.3) is 11.6 Å². The van der Waals surface area contributed by atoms with Crippen LogP contribution >= 0.6 is 11.6 Å². The van der Waals surface area contributed by atoms with Crippen molar-refractivity contribution in [2.45, 2.75) is 27.4 Å². The number of nitrogens with one attached hydrogen (secondary N) is 1. The molecule has 1 amide bonds. The number of hydrogen-bond donors (Lipinski definition) is 1. The van der Waals surface area contributed by atoms with Gasteiger partial charge in [0.15, 0.2) is 5.69 Å². The molecule has 0 bridgehead atoms. The number of halogens is 1. The zero-order chi connectivity index (χ0) is 21.1. The lowest BCUT2D eigenvalue weighted by atomic mass is 10.1. The summed E-state index contributed by atoms with van der Waals surface area (Å²) < 4.78 is 10.9. The van der Waals surface area contributed by atoms with Crippen molar-refractivity contribution in [3.05, 3.63) is 79.7 Å². The van der Waals surface area contributed by atoms with Crippen molar-refractivity contribution >= 4 is 28.9 Å². The quantitative estimate of drug-likeness (QED) is 0.448. The third kappa shape index (κ3) is 4.55. The highest BCUT2D eigenvalue weighted by atomic mass is 35.5. The average molecular weight is 416 g/mol. The number of carbonyl (C=O) groups excluding carboxylic acids is 1. The number of amides is 1. The van der Waals surface area contributed by atoms with Gasteiger partial charge in [0.1, 0.15) is 23.8 Å². The molecule has 0 saturated carbocycles. The second-order valence-electron chi connectivity index (χ2n) is 6.47. The Bertz CT molecular complexity index is 1090. The maximum Gasteiger partial charge on any atom is 0.294 e. The summed E-state index contributed by atoms with van der Waals surface area (Å²) >= 11 is 5.80. The summed E-state index contributed by atoms with van der Waals surface area (Å²) in [4.78, 5) is 23.3. The molecule has 1 heterocycles. The number of ether oxygens (including phenoxy) is 1. The second-order valence-corrected chi connectivity index (χ2v) is 6.91. The van der Waals surface area contributed by atoms with Gasteiger partial charge in [-0.15, -0.1) is 0 Å². The van der Waals surface area contributed by atoms with Crippen molar-refractivity contribution in [3.8, 4) is 5.75 Å². The van der Waals surface area contributed by atoms with Crippen molar-refractivity contribution in [2.75, 3.05) is 5.32 Å². The lowest BCUT2D eigenvalue weighted by Crippen LogP contribution is -2.16. The molecule has 150 valence electrons. The predicted octanol–water partition coefficient (Wildman–Crippen LogP) is 4.99. The summed E-state index contributed by atoms with van der Waals surface area (Å²) in [7, 11) is 0. The molecule has 3 rings (SSSR count). The predicted molar refractivity (Wildman–Crippen MR) is 108 cm³/mol. The molecule has 0 fully saturated rings. The molecule has 0 aliphatic rings. The van der Waals surface area contributed by atoms with Gasteiger partial charge in [0, 0.05) is 11.1 Å². The summed E-state index contributed by atoms with van der Waals surface area (Å²) in [5.41, 5.74) is 2.36. The molecular formula is C20H18ClN3O5. The SMILES string of the molecule is Cc1ccc(OCc2c(C(=O)Nc3ccc(Cl)cc3[N+](=O)[O-])noc2C)cc1C. The van der Waals surface area contributed by atoms with Gasteiger partial charge in [-0.1, -0.05) is 22.8 Å². The Balaban J connectivity index is 1.81. The van der Waals surface area contributed by atoms with Gasteiger partial charge >= 0.3 is 0 Å². The lowest BCUT2D eigenvalue weighted by molar-refractivity contribution is -0.383. The van der Waals surface area contributed by atoms with Crippen molar-refractivity contribution in [1.29, 1.82) is 0 Å². The van der Waals surface area contributed by atoms with Gasteiger partial charge in [-0.25, -0.2) is 0 Å². The number of aryl methyl sites for hydroxylation is 3. The number of hydrogen-bond acceptors (Lipinski definition) is 6. The molecule has 3 aromatic rings. The van der Waals surface area contributed by atoms with E-state index in [1.165, 1.54) is 12.1 Å². The van der Waals surface area contributed by atoms with Gasteiger partial charge in [0.2, 0.25) is 0 Å². The van der Waals surface area contributed by atoms with Crippen LogP contribution in [0.2, 0.25) is 5.02 Å². The Labute approximate surface area is 171 Å². The summed E-state index contributed by atoms with van der Waals surface area (Å²) in [6, 6.07) is 9.64. The van der Waals surface area contributed by atoms with Crippen LogP contribution in [0.15, 0.2) is 40.9 Å². The van der Waals surface area contributed by atoms with Crippen LogP contribution in [-0.4, -0.2) is 16.0 Å². The van der Waals surface area contributed by atoms with Crippen LogP contribution in [-0.2, 0) is 6.61 Å². The summed E-state index contributed by atoms with van der Waals surface area (Å²) in [5, 5.41) is 17.7. The number of rotatable bonds is 6. The van der Waals surface area contributed by atoms with E-state index in [1.807, 2.05) is 32.0 Å². The fourth-order valence-corrected chi connectivity index (χ4v) is 2.81. The molecule has 8 nitrogen and oxygen atoms in total. The lowest BCUT2D eigenvalue weighted by Gasteiger charge is -2.09. The fourth-order valence-electron chi connectivity index (χ4n) is 2.64. The van der Waals surface area contributed by atoms with Crippen LogP contribution in [0.25, 0.3) is 0 Å². The molecule has 0 radical (unpaired) electrons. The summed E-state index contributed by atoms with van der Waals surface area (Å²) in [6.07, 6.45) is 0. The van der Waals surface area contributed by atoms with Crippen LogP contribution < -0.4 is 10.1 Å². The molecule has 0 unspecified atom stereocenters. The van der Waals surface area contributed by atoms with E-state index in [2.05, 4.69) is 10.5 Å². The van der Waals surface area contributed by atoms with Crippen molar-refractivity contribution in [2.24, 2.45) is 0 Å². The van der Waals surface area contributed by atoms with Crippen LogP contribution in [0, 0.1) is 30.9 Å². The minimum Gasteiger partial charge on any atom is -0.489 e. The van der Waals surface area contributed by atoms with E-state index in [4.69, 9.17) is 20.9 Å². The monoisotopic (exact) mass is 415 g/mol. The summed E-state index contributed by atoms with van der Waals surface area (Å²) in [5.74, 6) is 0.420.